The minimum atomic E-state index is -0.163. The normalized spacial score (nSPS) is 16.2. The van der Waals surface area contributed by atoms with Gasteiger partial charge in [-0.05, 0) is 25.6 Å². The molecular weight excluding hydrogens is 330 g/mol. The Morgan fingerprint density at radius 2 is 1.92 bits per heavy atom. The Morgan fingerprint density at radius 1 is 1.19 bits per heavy atom. The third kappa shape index (κ3) is 4.44. The van der Waals surface area contributed by atoms with Gasteiger partial charge in [-0.15, -0.1) is 0 Å². The number of hydrogen-bond donors (Lipinski definition) is 1. The van der Waals surface area contributed by atoms with Crippen LogP contribution in [-0.2, 0) is 11.3 Å². The topological polar surface area (TPSA) is 58.0 Å². The van der Waals surface area contributed by atoms with E-state index in [1.165, 1.54) is 0 Å². The third-order valence-corrected chi connectivity index (χ3v) is 5.04. The average molecular weight is 359 g/mol. The molecule has 1 fully saturated rings. The molecule has 1 N–H and O–H groups in total. The highest BCUT2D eigenvalue weighted by molar-refractivity contribution is 5.99. The molecule has 142 valence electrons. The zero-order chi connectivity index (χ0) is 18.4. The Morgan fingerprint density at radius 3 is 2.65 bits per heavy atom. The maximum Gasteiger partial charge on any atom is 0.287 e. The fourth-order valence-corrected chi connectivity index (χ4v) is 3.48. The van der Waals surface area contributed by atoms with Gasteiger partial charge in [0.15, 0.2) is 5.76 Å². The molecule has 0 radical (unpaired) electrons. The predicted octanol–water partition coefficient (Wildman–Crippen LogP) is 2.34. The molecule has 6 heteroatoms. The average Bonchev–Trinajstić information content (AvgIpc) is 3.05. The van der Waals surface area contributed by atoms with Gasteiger partial charge in [0, 0.05) is 50.8 Å². The van der Waals surface area contributed by atoms with Crippen molar-refractivity contribution in [2.24, 2.45) is 0 Å². The summed E-state index contributed by atoms with van der Waals surface area (Å²) >= 11 is 0. The van der Waals surface area contributed by atoms with Crippen LogP contribution in [0.4, 0.5) is 0 Å². The minimum absolute atomic E-state index is 0.163. The van der Waals surface area contributed by atoms with Gasteiger partial charge in [0.05, 0.1) is 6.61 Å². The summed E-state index contributed by atoms with van der Waals surface area (Å²) in [7, 11) is 1.63. The van der Waals surface area contributed by atoms with Crippen LogP contribution in [0.3, 0.4) is 0 Å². The van der Waals surface area contributed by atoms with E-state index in [2.05, 4.69) is 22.0 Å². The van der Waals surface area contributed by atoms with Crippen LogP contribution in [0, 0.1) is 0 Å². The van der Waals surface area contributed by atoms with Gasteiger partial charge in [0.25, 0.3) is 5.91 Å². The summed E-state index contributed by atoms with van der Waals surface area (Å²) in [6, 6.07) is 7.68. The number of piperazine rings is 1. The van der Waals surface area contributed by atoms with Crippen LogP contribution in [0.5, 0.6) is 0 Å². The monoisotopic (exact) mass is 359 g/mol. The van der Waals surface area contributed by atoms with Gasteiger partial charge in [-0.2, -0.15) is 0 Å². The van der Waals surface area contributed by atoms with Gasteiger partial charge in [0.1, 0.15) is 5.58 Å². The maximum atomic E-state index is 12.6. The van der Waals surface area contributed by atoms with E-state index < -0.39 is 0 Å². The van der Waals surface area contributed by atoms with Crippen LogP contribution in [0.1, 0.15) is 29.5 Å². The lowest BCUT2D eigenvalue weighted by Gasteiger charge is -2.33. The summed E-state index contributed by atoms with van der Waals surface area (Å²) in [4.78, 5) is 17.5. The van der Waals surface area contributed by atoms with Crippen LogP contribution in [0.2, 0.25) is 0 Å². The molecule has 1 aliphatic rings. The molecule has 2 aromatic rings. The fraction of sp³-hybridized carbons (Fsp3) is 0.550. The first kappa shape index (κ1) is 18.9. The van der Waals surface area contributed by atoms with Gasteiger partial charge < -0.3 is 24.3 Å². The summed E-state index contributed by atoms with van der Waals surface area (Å²) in [5.41, 5.74) is 1.54. The van der Waals surface area contributed by atoms with Gasteiger partial charge in [-0.1, -0.05) is 25.1 Å². The third-order valence-electron chi connectivity index (χ3n) is 5.04. The molecule has 26 heavy (non-hydrogen) atoms. The number of carbonyl (C=O) groups excluding carboxylic acids is 1. The quantitative estimate of drug-likeness (QED) is 0.733. The predicted molar refractivity (Wildman–Crippen MR) is 102 cm³/mol. The van der Waals surface area contributed by atoms with Crippen molar-refractivity contribution in [2.75, 3.05) is 52.9 Å². The molecule has 0 spiro atoms. The maximum absolute atomic E-state index is 12.6. The number of para-hydroxylation sites is 1. The lowest BCUT2D eigenvalue weighted by Crippen LogP contribution is -2.46. The van der Waals surface area contributed by atoms with Gasteiger partial charge in [0.2, 0.25) is 0 Å². The minimum Gasteiger partial charge on any atom is -0.451 e. The van der Waals surface area contributed by atoms with Crippen molar-refractivity contribution in [2.45, 2.75) is 20.0 Å². The van der Waals surface area contributed by atoms with E-state index in [9.17, 15) is 4.79 Å². The molecule has 1 saturated heterocycles. The summed E-state index contributed by atoms with van der Waals surface area (Å²) < 4.78 is 11.0. The van der Waals surface area contributed by atoms with Crippen molar-refractivity contribution in [1.82, 2.24) is 15.1 Å². The van der Waals surface area contributed by atoms with Crippen molar-refractivity contribution < 1.29 is 13.9 Å². The second kappa shape index (κ2) is 9.16. The number of benzene rings is 1. The number of rotatable bonds is 8. The lowest BCUT2D eigenvalue weighted by molar-refractivity contribution is 0.0916. The number of nitrogens with zero attached hydrogens (tertiary/aromatic N) is 2. The molecular formula is C20H29N3O3. The number of carbonyl (C=O) groups is 1. The summed E-state index contributed by atoms with van der Waals surface area (Å²) in [6.45, 7) is 9.88. The number of fused-ring (bicyclic) bond motifs is 1. The SMILES string of the molecule is CCN1CCN(CCCNC(=O)c2oc3ccccc3c2COC)CC1. The molecule has 6 nitrogen and oxygen atoms in total. The standard InChI is InChI=1S/C20H29N3O3/c1-3-22-11-13-23(14-12-22)10-6-9-21-20(24)19-17(15-25-2)16-7-4-5-8-18(16)26-19/h4-5,7-8H,3,6,9-15H2,1-2H3,(H,21,24). The number of methoxy groups -OCH3 is 1. The molecule has 0 aliphatic carbocycles. The zero-order valence-electron chi connectivity index (χ0n) is 15.8. The number of likely N-dealkylation sites (N-methyl/N-ethyl adjacent to an activating group) is 1. The molecule has 1 amide bonds. The summed E-state index contributed by atoms with van der Waals surface area (Å²) in [5.74, 6) is 0.202. The Labute approximate surface area is 155 Å². The van der Waals surface area contributed by atoms with Crippen molar-refractivity contribution in [3.8, 4) is 0 Å². The molecule has 2 heterocycles. The van der Waals surface area contributed by atoms with E-state index in [1.54, 1.807) is 7.11 Å². The van der Waals surface area contributed by atoms with E-state index in [-0.39, 0.29) is 5.91 Å². The Hall–Kier alpha value is -1.89. The summed E-state index contributed by atoms with van der Waals surface area (Å²) in [5, 5.41) is 3.93. The van der Waals surface area contributed by atoms with Crippen LogP contribution in [0.25, 0.3) is 11.0 Å². The first-order valence-electron chi connectivity index (χ1n) is 9.45. The van der Waals surface area contributed by atoms with Crippen molar-refractivity contribution in [1.29, 1.82) is 0 Å². The van der Waals surface area contributed by atoms with Crippen LogP contribution < -0.4 is 5.32 Å². The number of furan rings is 1. The van der Waals surface area contributed by atoms with Crippen molar-refractivity contribution >= 4 is 16.9 Å². The Balaban J connectivity index is 1.51. The molecule has 0 bridgehead atoms. The zero-order valence-corrected chi connectivity index (χ0v) is 15.8. The largest absolute Gasteiger partial charge is 0.451 e. The number of amides is 1. The molecule has 0 atom stereocenters. The highest BCUT2D eigenvalue weighted by Crippen LogP contribution is 2.26. The highest BCUT2D eigenvalue weighted by Gasteiger charge is 2.20. The molecule has 1 aromatic carbocycles. The second-order valence-electron chi connectivity index (χ2n) is 6.72. The van der Waals surface area contributed by atoms with Crippen LogP contribution >= 0.6 is 0 Å². The van der Waals surface area contributed by atoms with Gasteiger partial charge in [-0.25, -0.2) is 0 Å². The van der Waals surface area contributed by atoms with Crippen LogP contribution in [0.15, 0.2) is 28.7 Å². The fourth-order valence-electron chi connectivity index (χ4n) is 3.48. The smallest absolute Gasteiger partial charge is 0.287 e. The molecule has 0 unspecified atom stereocenters. The molecule has 1 aliphatic heterocycles. The molecule has 0 saturated carbocycles. The first-order valence-corrected chi connectivity index (χ1v) is 9.45. The van der Waals surface area contributed by atoms with Crippen molar-refractivity contribution in [3.05, 3.63) is 35.6 Å². The molecule has 3 rings (SSSR count). The Kier molecular flexibility index (Phi) is 6.66. The lowest BCUT2D eigenvalue weighted by atomic mass is 10.1. The van der Waals surface area contributed by atoms with E-state index in [1.807, 2.05) is 24.3 Å². The number of nitrogens with one attached hydrogen (secondary N) is 1. The van der Waals surface area contributed by atoms with E-state index in [0.717, 1.165) is 62.2 Å². The number of hydrogen-bond acceptors (Lipinski definition) is 5. The highest BCUT2D eigenvalue weighted by atomic mass is 16.5. The molecule has 1 aromatic heterocycles. The van der Waals surface area contributed by atoms with E-state index >= 15 is 0 Å². The number of ether oxygens (including phenoxy) is 1. The van der Waals surface area contributed by atoms with Crippen molar-refractivity contribution in [3.63, 3.8) is 0 Å². The Bertz CT molecular complexity index is 720. The van der Waals surface area contributed by atoms with Crippen LogP contribution in [-0.4, -0.2) is 68.6 Å². The summed E-state index contributed by atoms with van der Waals surface area (Å²) in [6.07, 6.45) is 0.942. The van der Waals surface area contributed by atoms with E-state index in [0.29, 0.717) is 18.9 Å². The van der Waals surface area contributed by atoms with Gasteiger partial charge >= 0.3 is 0 Å². The second-order valence-corrected chi connectivity index (χ2v) is 6.72. The van der Waals surface area contributed by atoms with E-state index in [4.69, 9.17) is 9.15 Å². The first-order chi connectivity index (χ1) is 12.7. The van der Waals surface area contributed by atoms with Gasteiger partial charge in [-0.3, -0.25) is 4.79 Å².